The van der Waals surface area contributed by atoms with Gasteiger partial charge in [0, 0.05) is 12.8 Å². The second-order valence-corrected chi connectivity index (χ2v) is 6.18. The van der Waals surface area contributed by atoms with Crippen LogP contribution in [0.1, 0.15) is 12.8 Å². The molecule has 0 N–H and O–H groups in total. The number of fused-ring (bicyclic) bond motifs is 1. The summed E-state index contributed by atoms with van der Waals surface area (Å²) in [5.74, 6) is -0.496. The fourth-order valence-corrected chi connectivity index (χ4v) is 3.25. The smallest absolute Gasteiger partial charge is 0.285 e. The summed E-state index contributed by atoms with van der Waals surface area (Å²) in [6.07, 6.45) is 2.34. The molecule has 102 valence electrons. The van der Waals surface area contributed by atoms with Gasteiger partial charge in [0.05, 0.1) is 19.4 Å². The fraction of sp³-hybridized carbons (Fsp3) is 0.417. The molecule has 0 atom stereocenters. The van der Waals surface area contributed by atoms with Crippen LogP contribution >= 0.6 is 0 Å². The average Bonchev–Trinajstić information content (AvgIpc) is 2.49. The van der Waals surface area contributed by atoms with Gasteiger partial charge in [-0.05, 0) is 18.2 Å². The monoisotopic (exact) mass is 285 g/mol. The Hall–Kier alpha value is -1.47. The molecular weight excluding hydrogens is 273 g/mol. The van der Waals surface area contributed by atoms with Crippen LogP contribution in [0.2, 0.25) is 0 Å². The molecule has 1 saturated heterocycles. The van der Waals surface area contributed by atoms with Crippen LogP contribution in [0.15, 0.2) is 27.5 Å². The van der Waals surface area contributed by atoms with E-state index in [0.717, 1.165) is 6.07 Å². The minimum absolute atomic E-state index is 0.140. The highest BCUT2D eigenvalue weighted by atomic mass is 32.2. The molecule has 0 radical (unpaired) electrons. The van der Waals surface area contributed by atoms with Crippen molar-refractivity contribution < 1.29 is 22.3 Å². The van der Waals surface area contributed by atoms with E-state index < -0.39 is 21.4 Å². The third-order valence-electron chi connectivity index (χ3n) is 3.26. The Kier molecular flexibility index (Phi) is 2.83. The summed E-state index contributed by atoms with van der Waals surface area (Å²) in [4.78, 5) is -0.230. The highest BCUT2D eigenvalue weighted by molar-refractivity contribution is 7.90. The molecular formula is C12H12FNO4S. The normalized spacial score (nSPS) is 23.4. The van der Waals surface area contributed by atoms with Gasteiger partial charge in [0.2, 0.25) is 0 Å². The maximum Gasteiger partial charge on any atom is 0.285 e. The zero-order chi connectivity index (χ0) is 13.5. The molecule has 2 heterocycles. The third-order valence-corrected chi connectivity index (χ3v) is 4.52. The summed E-state index contributed by atoms with van der Waals surface area (Å²) in [6, 6.07) is 3.43. The summed E-state index contributed by atoms with van der Waals surface area (Å²) in [5, 5.41) is 0. The number of halogens is 1. The van der Waals surface area contributed by atoms with E-state index in [0.29, 0.717) is 26.1 Å². The second kappa shape index (κ2) is 4.28. The van der Waals surface area contributed by atoms with Gasteiger partial charge >= 0.3 is 0 Å². The van der Waals surface area contributed by atoms with Crippen LogP contribution < -0.4 is 4.74 Å². The standard InChI is InChI=1S/C12H12FNO4S/c13-9-1-2-10-11(7-9)19(15,16)14-8-12(18-10)3-5-17-6-4-12/h1-2,7-8H,3-6H2. The van der Waals surface area contributed by atoms with Crippen molar-refractivity contribution in [2.75, 3.05) is 13.2 Å². The zero-order valence-corrected chi connectivity index (χ0v) is 10.8. The van der Waals surface area contributed by atoms with Crippen molar-refractivity contribution in [1.29, 1.82) is 0 Å². The molecule has 5 nitrogen and oxygen atoms in total. The number of nitrogens with zero attached hydrogens (tertiary/aromatic N) is 1. The second-order valence-electron chi connectivity index (χ2n) is 4.58. The first-order valence-corrected chi connectivity index (χ1v) is 7.33. The van der Waals surface area contributed by atoms with E-state index >= 15 is 0 Å². The topological polar surface area (TPSA) is 65.0 Å². The first-order valence-electron chi connectivity index (χ1n) is 5.89. The van der Waals surface area contributed by atoms with Crippen molar-refractivity contribution in [3.8, 4) is 5.75 Å². The molecule has 0 aliphatic carbocycles. The molecule has 1 aromatic rings. The van der Waals surface area contributed by atoms with Gasteiger partial charge in [0.25, 0.3) is 10.0 Å². The van der Waals surface area contributed by atoms with Gasteiger partial charge in [-0.3, -0.25) is 0 Å². The quantitative estimate of drug-likeness (QED) is 0.725. The van der Waals surface area contributed by atoms with Gasteiger partial charge in [0.15, 0.2) is 0 Å². The van der Waals surface area contributed by atoms with Crippen molar-refractivity contribution in [1.82, 2.24) is 0 Å². The fourth-order valence-electron chi connectivity index (χ4n) is 2.18. The molecule has 0 aromatic heterocycles. The van der Waals surface area contributed by atoms with Crippen LogP contribution in [0, 0.1) is 5.82 Å². The Balaban J connectivity index is 2.13. The van der Waals surface area contributed by atoms with Crippen molar-refractivity contribution in [2.45, 2.75) is 23.3 Å². The number of sulfonamides is 1. The first kappa shape index (κ1) is 12.6. The predicted molar refractivity (Wildman–Crippen MR) is 65.5 cm³/mol. The van der Waals surface area contributed by atoms with E-state index in [9.17, 15) is 12.8 Å². The van der Waals surface area contributed by atoms with Crippen LogP contribution in [-0.4, -0.2) is 33.4 Å². The van der Waals surface area contributed by atoms with E-state index in [1.807, 2.05) is 0 Å². The highest BCUT2D eigenvalue weighted by Gasteiger charge is 2.38. The number of hydrogen-bond donors (Lipinski definition) is 0. The summed E-state index contributed by atoms with van der Waals surface area (Å²) < 4.78 is 51.9. The Morgan fingerprint density at radius 2 is 2.00 bits per heavy atom. The summed E-state index contributed by atoms with van der Waals surface area (Å²) in [7, 11) is -3.91. The lowest BCUT2D eigenvalue weighted by Crippen LogP contribution is -2.43. The lowest BCUT2D eigenvalue weighted by Gasteiger charge is -2.33. The molecule has 19 heavy (non-hydrogen) atoms. The van der Waals surface area contributed by atoms with Crippen LogP contribution in [0.25, 0.3) is 0 Å². The largest absolute Gasteiger partial charge is 0.480 e. The minimum Gasteiger partial charge on any atom is -0.480 e. The molecule has 2 aliphatic heterocycles. The first-order chi connectivity index (χ1) is 9.01. The van der Waals surface area contributed by atoms with Crippen LogP contribution in [0.3, 0.4) is 0 Å². The van der Waals surface area contributed by atoms with Crippen LogP contribution in [-0.2, 0) is 14.8 Å². The van der Waals surface area contributed by atoms with Gasteiger partial charge in [-0.2, -0.15) is 12.8 Å². The zero-order valence-electron chi connectivity index (χ0n) is 10.0. The number of benzene rings is 1. The van der Waals surface area contributed by atoms with Crippen molar-refractivity contribution in [3.63, 3.8) is 0 Å². The molecule has 3 rings (SSSR count). The van der Waals surface area contributed by atoms with Crippen LogP contribution in [0.5, 0.6) is 5.75 Å². The Morgan fingerprint density at radius 1 is 1.26 bits per heavy atom. The maximum absolute atomic E-state index is 13.2. The Morgan fingerprint density at radius 3 is 2.74 bits per heavy atom. The van der Waals surface area contributed by atoms with E-state index in [1.165, 1.54) is 18.3 Å². The molecule has 1 spiro atoms. The highest BCUT2D eigenvalue weighted by Crippen LogP contribution is 2.35. The molecule has 0 amide bonds. The van der Waals surface area contributed by atoms with Crippen molar-refractivity contribution >= 4 is 16.2 Å². The summed E-state index contributed by atoms with van der Waals surface area (Å²) in [5.41, 5.74) is -0.783. The van der Waals surface area contributed by atoms with Gasteiger partial charge in [0.1, 0.15) is 22.1 Å². The van der Waals surface area contributed by atoms with Gasteiger partial charge < -0.3 is 9.47 Å². The lowest BCUT2D eigenvalue weighted by atomic mass is 9.95. The van der Waals surface area contributed by atoms with E-state index in [1.54, 1.807) is 0 Å². The van der Waals surface area contributed by atoms with Gasteiger partial charge in [-0.15, -0.1) is 0 Å². The maximum atomic E-state index is 13.2. The predicted octanol–water partition coefficient (Wildman–Crippen LogP) is 1.53. The summed E-state index contributed by atoms with van der Waals surface area (Å²) in [6.45, 7) is 0.950. The Bertz CT molecular complexity index is 635. The van der Waals surface area contributed by atoms with Gasteiger partial charge in [-0.1, -0.05) is 0 Å². The minimum atomic E-state index is -3.91. The lowest BCUT2D eigenvalue weighted by molar-refractivity contribution is -0.00368. The van der Waals surface area contributed by atoms with E-state index in [-0.39, 0.29) is 10.6 Å². The van der Waals surface area contributed by atoms with Crippen molar-refractivity contribution in [2.24, 2.45) is 4.40 Å². The molecule has 1 fully saturated rings. The molecule has 2 aliphatic rings. The van der Waals surface area contributed by atoms with Crippen LogP contribution in [0.4, 0.5) is 4.39 Å². The van der Waals surface area contributed by atoms with E-state index in [2.05, 4.69) is 4.40 Å². The molecule has 0 unspecified atom stereocenters. The number of hydrogen-bond acceptors (Lipinski definition) is 4. The van der Waals surface area contributed by atoms with Gasteiger partial charge in [-0.25, -0.2) is 4.39 Å². The SMILES string of the molecule is O=S1(=O)N=CC2(CCOCC2)Oc2ccc(F)cc21. The summed E-state index contributed by atoms with van der Waals surface area (Å²) >= 11 is 0. The number of rotatable bonds is 0. The molecule has 0 saturated carbocycles. The molecule has 7 heteroatoms. The Labute approximate surface area is 110 Å². The number of ether oxygens (including phenoxy) is 2. The molecule has 1 aromatic carbocycles. The average molecular weight is 285 g/mol. The van der Waals surface area contributed by atoms with Crippen molar-refractivity contribution in [3.05, 3.63) is 24.0 Å². The molecule has 0 bridgehead atoms. The third kappa shape index (κ3) is 2.23. The van der Waals surface area contributed by atoms with E-state index in [4.69, 9.17) is 9.47 Å².